The van der Waals surface area contributed by atoms with Crippen LogP contribution in [0.4, 0.5) is 5.69 Å². The van der Waals surface area contributed by atoms with Gasteiger partial charge in [-0.3, -0.25) is 4.79 Å². The third-order valence-electron chi connectivity index (χ3n) is 2.83. The van der Waals surface area contributed by atoms with E-state index in [0.29, 0.717) is 6.54 Å². The Labute approximate surface area is 109 Å². The highest BCUT2D eigenvalue weighted by molar-refractivity contribution is 5.80. The number of amides is 1. The molecule has 0 aliphatic heterocycles. The molecule has 0 spiro atoms. The highest BCUT2D eigenvalue weighted by Crippen LogP contribution is 2.11. The molecule has 1 unspecified atom stereocenters. The first-order valence-electron chi connectivity index (χ1n) is 6.40. The largest absolute Gasteiger partial charge is 0.375 e. The summed E-state index contributed by atoms with van der Waals surface area (Å²) in [4.78, 5) is 13.4. The SMILES string of the molecule is CC(N)C(=O)NCCCCN(C)c1ccccc1. The molecular weight excluding hydrogens is 226 g/mol. The van der Waals surface area contributed by atoms with Crippen molar-refractivity contribution >= 4 is 11.6 Å². The lowest BCUT2D eigenvalue weighted by Crippen LogP contribution is -2.38. The van der Waals surface area contributed by atoms with E-state index in [0.717, 1.165) is 19.4 Å². The van der Waals surface area contributed by atoms with Crippen LogP contribution in [-0.2, 0) is 4.79 Å². The van der Waals surface area contributed by atoms with Crippen molar-refractivity contribution in [3.05, 3.63) is 30.3 Å². The van der Waals surface area contributed by atoms with E-state index in [2.05, 4.69) is 29.4 Å². The van der Waals surface area contributed by atoms with E-state index in [-0.39, 0.29) is 5.91 Å². The second-order valence-corrected chi connectivity index (χ2v) is 4.54. The van der Waals surface area contributed by atoms with Gasteiger partial charge in [0.1, 0.15) is 0 Å². The molecular formula is C14H23N3O. The van der Waals surface area contributed by atoms with E-state index >= 15 is 0 Å². The van der Waals surface area contributed by atoms with E-state index in [9.17, 15) is 4.79 Å². The lowest BCUT2D eigenvalue weighted by molar-refractivity contribution is -0.121. The van der Waals surface area contributed by atoms with Crippen LogP contribution in [0.1, 0.15) is 19.8 Å². The number of anilines is 1. The maximum Gasteiger partial charge on any atom is 0.236 e. The van der Waals surface area contributed by atoms with Crippen LogP contribution in [0.2, 0.25) is 0 Å². The van der Waals surface area contributed by atoms with Gasteiger partial charge in [0.05, 0.1) is 6.04 Å². The van der Waals surface area contributed by atoms with Gasteiger partial charge in [-0.15, -0.1) is 0 Å². The molecule has 3 N–H and O–H groups in total. The molecule has 0 aliphatic carbocycles. The Hall–Kier alpha value is -1.55. The molecule has 1 aromatic rings. The number of hydrogen-bond acceptors (Lipinski definition) is 3. The minimum Gasteiger partial charge on any atom is -0.375 e. The second kappa shape index (κ2) is 7.71. The van der Waals surface area contributed by atoms with Gasteiger partial charge in [0.15, 0.2) is 0 Å². The maximum absolute atomic E-state index is 11.2. The summed E-state index contributed by atoms with van der Waals surface area (Å²) in [6, 6.07) is 9.86. The number of nitrogens with zero attached hydrogens (tertiary/aromatic N) is 1. The number of nitrogens with one attached hydrogen (secondary N) is 1. The second-order valence-electron chi connectivity index (χ2n) is 4.54. The number of carbonyl (C=O) groups excluding carboxylic acids is 1. The monoisotopic (exact) mass is 249 g/mol. The van der Waals surface area contributed by atoms with Crippen LogP contribution in [0, 0.1) is 0 Å². The summed E-state index contributed by atoms with van der Waals surface area (Å²) >= 11 is 0. The smallest absolute Gasteiger partial charge is 0.236 e. The van der Waals surface area contributed by atoms with Crippen molar-refractivity contribution in [3.63, 3.8) is 0 Å². The first kappa shape index (κ1) is 14.5. The van der Waals surface area contributed by atoms with Crippen molar-refractivity contribution in [2.75, 3.05) is 25.0 Å². The van der Waals surface area contributed by atoms with E-state index in [1.165, 1.54) is 5.69 Å². The van der Waals surface area contributed by atoms with Crippen LogP contribution < -0.4 is 16.0 Å². The minimum absolute atomic E-state index is 0.0774. The third kappa shape index (κ3) is 5.19. The Balaban J connectivity index is 2.13. The molecule has 4 heteroatoms. The quantitative estimate of drug-likeness (QED) is 0.718. The normalized spacial score (nSPS) is 11.9. The van der Waals surface area contributed by atoms with Crippen LogP contribution in [0.15, 0.2) is 30.3 Å². The lowest BCUT2D eigenvalue weighted by atomic mass is 10.2. The summed E-state index contributed by atoms with van der Waals surface area (Å²) < 4.78 is 0. The molecule has 0 bridgehead atoms. The highest BCUT2D eigenvalue weighted by atomic mass is 16.2. The van der Waals surface area contributed by atoms with Crippen LogP contribution in [0.5, 0.6) is 0 Å². The Kier molecular flexibility index (Phi) is 6.22. The van der Waals surface area contributed by atoms with Gasteiger partial charge in [0.2, 0.25) is 5.91 Å². The number of rotatable bonds is 7. The van der Waals surface area contributed by atoms with Gasteiger partial charge in [0, 0.05) is 25.8 Å². The third-order valence-corrected chi connectivity index (χ3v) is 2.83. The zero-order valence-electron chi connectivity index (χ0n) is 11.2. The number of para-hydroxylation sites is 1. The summed E-state index contributed by atoms with van der Waals surface area (Å²) in [7, 11) is 2.08. The summed E-state index contributed by atoms with van der Waals surface area (Å²) in [5.74, 6) is -0.0774. The van der Waals surface area contributed by atoms with Crippen molar-refractivity contribution in [2.45, 2.75) is 25.8 Å². The van der Waals surface area contributed by atoms with E-state index in [4.69, 9.17) is 5.73 Å². The fraction of sp³-hybridized carbons (Fsp3) is 0.500. The van der Waals surface area contributed by atoms with Gasteiger partial charge in [0.25, 0.3) is 0 Å². The van der Waals surface area contributed by atoms with Gasteiger partial charge >= 0.3 is 0 Å². The maximum atomic E-state index is 11.2. The Bertz CT molecular complexity index is 351. The number of nitrogens with two attached hydrogens (primary N) is 1. The van der Waals surface area contributed by atoms with Gasteiger partial charge in [-0.1, -0.05) is 18.2 Å². The first-order valence-corrected chi connectivity index (χ1v) is 6.40. The zero-order valence-corrected chi connectivity index (χ0v) is 11.2. The molecule has 1 aromatic carbocycles. The zero-order chi connectivity index (χ0) is 13.4. The Morgan fingerprint density at radius 2 is 2.00 bits per heavy atom. The molecule has 0 fully saturated rings. The number of hydrogen-bond donors (Lipinski definition) is 2. The molecule has 4 nitrogen and oxygen atoms in total. The van der Waals surface area contributed by atoms with Crippen LogP contribution in [0.3, 0.4) is 0 Å². The van der Waals surface area contributed by atoms with Crippen molar-refractivity contribution in [2.24, 2.45) is 5.73 Å². The van der Waals surface area contributed by atoms with Gasteiger partial charge < -0.3 is 16.0 Å². The van der Waals surface area contributed by atoms with Crippen LogP contribution in [0.25, 0.3) is 0 Å². The van der Waals surface area contributed by atoms with E-state index < -0.39 is 6.04 Å². The average Bonchev–Trinajstić information content (AvgIpc) is 2.38. The fourth-order valence-electron chi connectivity index (χ4n) is 1.66. The van der Waals surface area contributed by atoms with Gasteiger partial charge in [-0.25, -0.2) is 0 Å². The predicted molar refractivity (Wildman–Crippen MR) is 75.6 cm³/mol. The minimum atomic E-state index is -0.419. The number of benzene rings is 1. The fourth-order valence-corrected chi connectivity index (χ4v) is 1.66. The molecule has 0 heterocycles. The van der Waals surface area contributed by atoms with E-state index in [1.54, 1.807) is 6.92 Å². The average molecular weight is 249 g/mol. The molecule has 1 amide bonds. The first-order chi connectivity index (χ1) is 8.61. The van der Waals surface area contributed by atoms with Gasteiger partial charge in [-0.05, 0) is 31.9 Å². The molecule has 0 saturated carbocycles. The number of carbonyl (C=O) groups is 1. The van der Waals surface area contributed by atoms with Crippen molar-refractivity contribution < 1.29 is 4.79 Å². The summed E-state index contributed by atoms with van der Waals surface area (Å²) in [5.41, 5.74) is 6.67. The Morgan fingerprint density at radius 3 is 2.61 bits per heavy atom. The highest BCUT2D eigenvalue weighted by Gasteiger charge is 2.05. The van der Waals surface area contributed by atoms with Crippen LogP contribution >= 0.6 is 0 Å². The Morgan fingerprint density at radius 1 is 1.33 bits per heavy atom. The topological polar surface area (TPSA) is 58.4 Å². The van der Waals surface area contributed by atoms with E-state index in [1.807, 2.05) is 18.2 Å². The standard InChI is InChI=1S/C14H23N3O/c1-12(15)14(18)16-10-6-7-11-17(2)13-8-4-3-5-9-13/h3-5,8-9,12H,6-7,10-11,15H2,1-2H3,(H,16,18). The summed E-state index contributed by atoms with van der Waals surface area (Å²) in [5, 5.41) is 2.81. The number of unbranched alkanes of at least 4 members (excludes halogenated alkanes) is 1. The molecule has 1 rings (SSSR count). The van der Waals surface area contributed by atoms with Crippen molar-refractivity contribution in [1.29, 1.82) is 0 Å². The van der Waals surface area contributed by atoms with Crippen molar-refractivity contribution in [3.8, 4) is 0 Å². The molecule has 0 aliphatic rings. The molecule has 100 valence electrons. The molecule has 0 aromatic heterocycles. The summed E-state index contributed by atoms with van der Waals surface area (Å²) in [6.07, 6.45) is 2.01. The van der Waals surface area contributed by atoms with Crippen molar-refractivity contribution in [1.82, 2.24) is 5.32 Å². The molecule has 1 atom stereocenters. The molecule has 0 radical (unpaired) electrons. The van der Waals surface area contributed by atoms with Crippen LogP contribution in [-0.4, -0.2) is 32.1 Å². The van der Waals surface area contributed by atoms with Gasteiger partial charge in [-0.2, -0.15) is 0 Å². The lowest BCUT2D eigenvalue weighted by Gasteiger charge is -2.19. The summed E-state index contributed by atoms with van der Waals surface area (Å²) in [6.45, 7) is 3.37. The molecule has 18 heavy (non-hydrogen) atoms. The molecule has 0 saturated heterocycles. The predicted octanol–water partition coefficient (Wildman–Crippen LogP) is 1.37.